The number of carbonyl (C=O) groups is 2. The van der Waals surface area contributed by atoms with Gasteiger partial charge in [-0.15, -0.1) is 0 Å². The molecule has 1 aromatic heterocycles. The van der Waals surface area contributed by atoms with Crippen LogP contribution in [0.3, 0.4) is 0 Å². The van der Waals surface area contributed by atoms with Crippen LogP contribution in [0.4, 0.5) is 26.3 Å². The van der Waals surface area contributed by atoms with Crippen molar-refractivity contribution in [1.29, 1.82) is 0 Å². The molecule has 2 unspecified atom stereocenters. The van der Waals surface area contributed by atoms with E-state index in [0.29, 0.717) is 0 Å². The number of sulfonamides is 1. The number of imidazole rings is 1. The van der Waals surface area contributed by atoms with Gasteiger partial charge in [-0.2, -0.15) is 30.6 Å². The van der Waals surface area contributed by atoms with Crippen molar-refractivity contribution in [2.45, 2.75) is 50.4 Å². The minimum Gasteiger partial charge on any atom is -0.442 e. The maximum atomic E-state index is 12.9. The number of alkyl halides is 6. The number of carbonyl (C=O) groups excluding carboxylic acids is 2. The topological polar surface area (TPSA) is 123 Å². The third-order valence-electron chi connectivity index (χ3n) is 5.92. The van der Waals surface area contributed by atoms with Crippen LogP contribution in [0.1, 0.15) is 29.7 Å². The van der Waals surface area contributed by atoms with E-state index >= 15 is 0 Å². The lowest BCUT2D eigenvalue weighted by Gasteiger charge is -2.41. The van der Waals surface area contributed by atoms with E-state index in [2.05, 4.69) is 20.4 Å². The summed E-state index contributed by atoms with van der Waals surface area (Å²) in [5, 5.41) is 5.19. The molecular weight excluding hydrogens is 512 g/mol. The molecule has 0 aliphatic carbocycles. The van der Waals surface area contributed by atoms with Crippen LogP contribution in [-0.4, -0.2) is 84.0 Å². The molecule has 1 aromatic rings. The summed E-state index contributed by atoms with van der Waals surface area (Å²) in [5.41, 5.74) is -1.70. The molecule has 0 bridgehead atoms. The summed E-state index contributed by atoms with van der Waals surface area (Å²) in [6.07, 6.45) is -13.7. The lowest BCUT2D eigenvalue weighted by atomic mass is 9.79. The number of nitrogens with one attached hydrogen (secondary N) is 2. The maximum Gasteiger partial charge on any atom is 0.434 e. The van der Waals surface area contributed by atoms with E-state index in [1.807, 2.05) is 0 Å². The first-order valence-electron chi connectivity index (χ1n) is 10.3. The quantitative estimate of drug-likeness (QED) is 0.422. The van der Waals surface area contributed by atoms with Crippen molar-refractivity contribution in [3.63, 3.8) is 0 Å². The van der Waals surface area contributed by atoms with Crippen molar-refractivity contribution < 1.29 is 49.1 Å². The van der Waals surface area contributed by atoms with E-state index < -0.39 is 51.8 Å². The van der Waals surface area contributed by atoms with Crippen LogP contribution in [0.5, 0.6) is 0 Å². The fraction of sp³-hybridized carbons (Fsp3) is 0.722. The molecule has 198 valence electrons. The van der Waals surface area contributed by atoms with Gasteiger partial charge in [-0.3, -0.25) is 9.59 Å². The molecule has 0 spiro atoms. The summed E-state index contributed by atoms with van der Waals surface area (Å²) >= 11 is 0. The van der Waals surface area contributed by atoms with Gasteiger partial charge in [0, 0.05) is 25.8 Å². The van der Waals surface area contributed by atoms with E-state index in [4.69, 9.17) is 0 Å². The summed E-state index contributed by atoms with van der Waals surface area (Å²) in [6.45, 7) is 1.48. The van der Waals surface area contributed by atoms with E-state index in [0.717, 1.165) is 10.6 Å². The van der Waals surface area contributed by atoms with Gasteiger partial charge in [0.25, 0.3) is 12.0 Å². The van der Waals surface area contributed by atoms with Gasteiger partial charge in [-0.25, -0.2) is 13.4 Å². The van der Waals surface area contributed by atoms with E-state index in [9.17, 15) is 44.3 Å². The van der Waals surface area contributed by atoms with Crippen molar-refractivity contribution in [2.24, 2.45) is 5.92 Å². The Labute approximate surface area is 196 Å². The molecule has 35 heavy (non-hydrogen) atoms. The van der Waals surface area contributed by atoms with Crippen LogP contribution in [0.25, 0.3) is 0 Å². The first kappa shape index (κ1) is 27.2. The SMILES string of the molecule is CC1(NC(=O)c2cn3c(n2)CN(S(C)(=O)=O)CC3)CCNCC1C(=O)OC(C(F)(F)F)C(F)(F)F. The minimum atomic E-state index is -5.87. The van der Waals surface area contributed by atoms with Crippen LogP contribution < -0.4 is 10.6 Å². The smallest absolute Gasteiger partial charge is 0.434 e. The van der Waals surface area contributed by atoms with Crippen molar-refractivity contribution >= 4 is 21.9 Å². The van der Waals surface area contributed by atoms with Gasteiger partial charge < -0.3 is 19.9 Å². The molecule has 3 rings (SSSR count). The number of nitrogens with zero attached hydrogens (tertiary/aromatic N) is 3. The van der Waals surface area contributed by atoms with E-state index in [-0.39, 0.29) is 50.7 Å². The summed E-state index contributed by atoms with van der Waals surface area (Å²) in [5.74, 6) is -3.89. The van der Waals surface area contributed by atoms with Gasteiger partial charge in [0.15, 0.2) is 0 Å². The average Bonchev–Trinajstić information content (AvgIpc) is 3.13. The molecule has 2 atom stereocenters. The average molecular weight is 535 g/mol. The van der Waals surface area contributed by atoms with Crippen LogP contribution in [0.15, 0.2) is 6.20 Å². The molecule has 1 saturated heterocycles. The highest BCUT2D eigenvalue weighted by atomic mass is 32.2. The number of fused-ring (bicyclic) bond motifs is 1. The number of piperidine rings is 1. The molecule has 0 radical (unpaired) electrons. The lowest BCUT2D eigenvalue weighted by Crippen LogP contribution is -2.62. The van der Waals surface area contributed by atoms with Crippen molar-refractivity contribution in [2.75, 3.05) is 25.9 Å². The zero-order valence-corrected chi connectivity index (χ0v) is 19.4. The van der Waals surface area contributed by atoms with Gasteiger partial charge in [-0.05, 0) is 19.9 Å². The molecule has 1 amide bonds. The Bertz CT molecular complexity index is 1070. The molecule has 2 aliphatic heterocycles. The van der Waals surface area contributed by atoms with Crippen LogP contribution in [0.2, 0.25) is 0 Å². The van der Waals surface area contributed by atoms with Gasteiger partial charge in [0.2, 0.25) is 10.0 Å². The number of ether oxygens (including phenoxy) is 1. The minimum absolute atomic E-state index is 0.00334. The maximum absolute atomic E-state index is 12.9. The number of halogens is 6. The molecule has 3 heterocycles. The highest BCUT2D eigenvalue weighted by molar-refractivity contribution is 7.88. The third kappa shape index (κ3) is 6.06. The molecule has 0 aromatic carbocycles. The largest absolute Gasteiger partial charge is 0.442 e. The molecular formula is C18H23F6N5O5S. The molecule has 10 nitrogen and oxygen atoms in total. The van der Waals surface area contributed by atoms with Crippen molar-refractivity contribution in [1.82, 2.24) is 24.5 Å². The second-order valence-corrected chi connectivity index (χ2v) is 10.6. The zero-order chi connectivity index (χ0) is 26.4. The predicted molar refractivity (Wildman–Crippen MR) is 106 cm³/mol. The predicted octanol–water partition coefficient (Wildman–Crippen LogP) is 0.793. The Morgan fingerprint density at radius 3 is 2.43 bits per heavy atom. The van der Waals surface area contributed by atoms with Gasteiger partial charge in [-0.1, -0.05) is 0 Å². The number of rotatable bonds is 5. The molecule has 17 heteroatoms. The Morgan fingerprint density at radius 1 is 1.23 bits per heavy atom. The first-order valence-corrected chi connectivity index (χ1v) is 12.1. The number of hydrogen-bond donors (Lipinski definition) is 2. The van der Waals surface area contributed by atoms with E-state index in [1.165, 1.54) is 13.1 Å². The fourth-order valence-corrected chi connectivity index (χ4v) is 4.71. The number of aromatic nitrogens is 2. The Kier molecular flexibility index (Phi) is 7.18. The van der Waals surface area contributed by atoms with Crippen molar-refractivity contribution in [3.05, 3.63) is 17.7 Å². The Balaban J connectivity index is 1.78. The summed E-state index contributed by atoms with van der Waals surface area (Å²) in [7, 11) is -3.50. The number of hydrogen-bond acceptors (Lipinski definition) is 7. The zero-order valence-electron chi connectivity index (χ0n) is 18.5. The van der Waals surface area contributed by atoms with Crippen LogP contribution in [-0.2, 0) is 32.6 Å². The second kappa shape index (κ2) is 9.24. The summed E-state index contributed by atoms with van der Waals surface area (Å²) < 4.78 is 107. The second-order valence-electron chi connectivity index (χ2n) is 8.61. The number of esters is 1. The molecule has 2 aliphatic rings. The third-order valence-corrected chi connectivity index (χ3v) is 7.17. The van der Waals surface area contributed by atoms with Gasteiger partial charge in [0.1, 0.15) is 11.5 Å². The lowest BCUT2D eigenvalue weighted by molar-refractivity contribution is -0.314. The Morgan fingerprint density at radius 2 is 1.86 bits per heavy atom. The number of amides is 1. The normalized spacial score (nSPS) is 24.2. The monoisotopic (exact) mass is 535 g/mol. The molecule has 0 saturated carbocycles. The van der Waals surface area contributed by atoms with E-state index in [1.54, 1.807) is 4.57 Å². The summed E-state index contributed by atoms with van der Waals surface area (Å²) in [6, 6.07) is 0. The first-order chi connectivity index (χ1) is 15.9. The standard InChI is InChI=1S/C18H23F6N5O5S/c1-16(3-4-25-7-10(16)14(31)34-15(17(19,20)21)18(22,23)24)27-13(30)11-8-28-5-6-29(35(2,32)33)9-12(28)26-11/h8,10,15,25H,3-7,9H2,1-2H3,(H,27,30). The van der Waals surface area contributed by atoms with Gasteiger partial charge >= 0.3 is 18.3 Å². The van der Waals surface area contributed by atoms with Crippen LogP contribution >= 0.6 is 0 Å². The highest BCUT2D eigenvalue weighted by Gasteiger charge is 2.61. The van der Waals surface area contributed by atoms with Crippen molar-refractivity contribution in [3.8, 4) is 0 Å². The van der Waals surface area contributed by atoms with Crippen LogP contribution in [0, 0.1) is 5.92 Å². The fourth-order valence-electron chi connectivity index (χ4n) is 3.95. The highest BCUT2D eigenvalue weighted by Crippen LogP contribution is 2.37. The summed E-state index contributed by atoms with van der Waals surface area (Å²) in [4.78, 5) is 29.4. The van der Waals surface area contributed by atoms with Gasteiger partial charge in [0.05, 0.1) is 24.3 Å². The Hall–Kier alpha value is -2.40. The molecule has 1 fully saturated rings. The molecule has 2 N–H and O–H groups in total.